The van der Waals surface area contributed by atoms with Crippen molar-refractivity contribution in [3.63, 3.8) is 0 Å². The Kier molecular flexibility index (Phi) is 8.53. The molecule has 1 heterocycles. The van der Waals surface area contributed by atoms with E-state index in [0.29, 0.717) is 13.0 Å². The third-order valence-electron chi connectivity index (χ3n) is 5.80. The molecule has 0 radical (unpaired) electrons. The van der Waals surface area contributed by atoms with Crippen LogP contribution in [0.3, 0.4) is 0 Å². The van der Waals surface area contributed by atoms with Gasteiger partial charge < -0.3 is 19.7 Å². The van der Waals surface area contributed by atoms with Gasteiger partial charge in [0.1, 0.15) is 12.1 Å². The van der Waals surface area contributed by atoms with E-state index < -0.39 is 18.2 Å². The molecular weight excluding hydrogens is 372 g/mol. The number of carbonyl (C=O) groups excluding carboxylic acids is 3. The van der Waals surface area contributed by atoms with Crippen molar-refractivity contribution < 1.29 is 23.9 Å². The molecule has 1 aliphatic carbocycles. The summed E-state index contributed by atoms with van der Waals surface area (Å²) in [6, 6.07) is -1.22. The highest BCUT2D eigenvalue weighted by molar-refractivity contribution is 5.90. The average Bonchev–Trinajstić information content (AvgIpc) is 3.36. The Morgan fingerprint density at radius 3 is 2.48 bits per heavy atom. The van der Waals surface area contributed by atoms with Gasteiger partial charge in [-0.2, -0.15) is 0 Å². The Balaban J connectivity index is 2.05. The lowest BCUT2D eigenvalue weighted by molar-refractivity contribution is -0.154. The zero-order chi connectivity index (χ0) is 21.4. The summed E-state index contributed by atoms with van der Waals surface area (Å²) < 4.78 is 10.6. The van der Waals surface area contributed by atoms with Crippen LogP contribution >= 0.6 is 0 Å². The fourth-order valence-corrected chi connectivity index (χ4v) is 4.24. The first-order valence-electron chi connectivity index (χ1n) is 10.8. The number of hydrogen-bond donors (Lipinski definition) is 1. The molecule has 1 N–H and O–H groups in total. The number of alkyl carbamates (subject to hydrolysis) is 1. The lowest BCUT2D eigenvalue weighted by Gasteiger charge is -2.31. The van der Waals surface area contributed by atoms with E-state index >= 15 is 0 Å². The standard InChI is InChI=1S/C22H36N2O5/c1-5-13-22(3,4)15-29-21(27)23-18(16-10-7-8-11-16)19(25)24-14-9-12-17(24)20(26)28-6-2/h5,16-18H,1,6-15H2,2-4H3,(H,23,27)/t17-,18-/m0/s1. The Bertz CT molecular complexity index is 598. The lowest BCUT2D eigenvalue weighted by atomic mass is 9.91. The molecule has 7 heteroatoms. The van der Waals surface area contributed by atoms with Crippen LogP contribution in [0.4, 0.5) is 4.79 Å². The molecule has 1 aliphatic heterocycles. The summed E-state index contributed by atoms with van der Waals surface area (Å²) in [5.41, 5.74) is -0.212. The van der Waals surface area contributed by atoms with Crippen molar-refractivity contribution >= 4 is 18.0 Å². The number of nitrogens with one attached hydrogen (secondary N) is 1. The first-order chi connectivity index (χ1) is 13.8. The van der Waals surface area contributed by atoms with Crippen molar-refractivity contribution in [1.82, 2.24) is 10.2 Å². The van der Waals surface area contributed by atoms with E-state index in [2.05, 4.69) is 11.9 Å². The highest BCUT2D eigenvalue weighted by Gasteiger charge is 2.41. The van der Waals surface area contributed by atoms with E-state index in [1.54, 1.807) is 17.9 Å². The number of hydrogen-bond acceptors (Lipinski definition) is 5. The maximum Gasteiger partial charge on any atom is 0.407 e. The molecule has 164 valence electrons. The summed E-state index contributed by atoms with van der Waals surface area (Å²) in [7, 11) is 0. The van der Waals surface area contributed by atoms with E-state index in [1.165, 1.54) is 0 Å². The number of ether oxygens (including phenoxy) is 2. The maximum absolute atomic E-state index is 13.3. The van der Waals surface area contributed by atoms with Gasteiger partial charge in [0.15, 0.2) is 0 Å². The first-order valence-corrected chi connectivity index (χ1v) is 10.8. The van der Waals surface area contributed by atoms with E-state index in [0.717, 1.165) is 38.5 Å². The summed E-state index contributed by atoms with van der Waals surface area (Å²) in [5, 5.41) is 2.81. The number of carbonyl (C=O) groups is 3. The van der Waals surface area contributed by atoms with Gasteiger partial charge in [-0.25, -0.2) is 9.59 Å². The van der Waals surface area contributed by atoms with Gasteiger partial charge in [0.2, 0.25) is 5.91 Å². The summed E-state index contributed by atoms with van der Waals surface area (Å²) >= 11 is 0. The van der Waals surface area contributed by atoms with Crippen molar-refractivity contribution in [2.45, 2.75) is 77.8 Å². The van der Waals surface area contributed by atoms with Crippen molar-refractivity contribution in [1.29, 1.82) is 0 Å². The molecular formula is C22H36N2O5. The second-order valence-corrected chi connectivity index (χ2v) is 8.84. The quantitative estimate of drug-likeness (QED) is 0.467. The molecule has 0 aromatic heterocycles. The topological polar surface area (TPSA) is 84.9 Å². The number of esters is 1. The van der Waals surface area contributed by atoms with Crippen LogP contribution in [0.25, 0.3) is 0 Å². The third-order valence-corrected chi connectivity index (χ3v) is 5.80. The number of rotatable bonds is 9. The number of allylic oxidation sites excluding steroid dienone is 1. The molecule has 7 nitrogen and oxygen atoms in total. The molecule has 0 unspecified atom stereocenters. The normalized spacial score (nSPS) is 20.9. The summed E-state index contributed by atoms with van der Waals surface area (Å²) in [6.45, 7) is 10.5. The first kappa shape index (κ1) is 23.2. The Labute approximate surface area is 174 Å². The monoisotopic (exact) mass is 408 g/mol. The van der Waals surface area contributed by atoms with Crippen LogP contribution < -0.4 is 5.32 Å². The van der Waals surface area contributed by atoms with E-state index in [-0.39, 0.29) is 36.4 Å². The zero-order valence-electron chi connectivity index (χ0n) is 18.1. The fraction of sp³-hybridized carbons (Fsp3) is 0.773. The average molecular weight is 409 g/mol. The highest BCUT2D eigenvalue weighted by Crippen LogP contribution is 2.30. The minimum Gasteiger partial charge on any atom is -0.464 e. The van der Waals surface area contributed by atoms with Crippen LogP contribution in [0, 0.1) is 11.3 Å². The predicted octanol–water partition coefficient (Wildman–Crippen LogP) is 3.43. The molecule has 0 bridgehead atoms. The van der Waals surface area contributed by atoms with Crippen LogP contribution in [0.2, 0.25) is 0 Å². The third kappa shape index (κ3) is 6.47. The molecule has 29 heavy (non-hydrogen) atoms. The van der Waals surface area contributed by atoms with Crippen molar-refractivity contribution in [2.24, 2.45) is 11.3 Å². The Hall–Kier alpha value is -2.05. The summed E-state index contributed by atoms with van der Waals surface area (Å²) in [4.78, 5) is 39.7. The fourth-order valence-electron chi connectivity index (χ4n) is 4.24. The van der Waals surface area contributed by atoms with Crippen LogP contribution in [-0.4, -0.2) is 54.7 Å². The zero-order valence-corrected chi connectivity index (χ0v) is 18.1. The molecule has 0 aromatic carbocycles. The van der Waals surface area contributed by atoms with Crippen molar-refractivity contribution in [3.8, 4) is 0 Å². The Morgan fingerprint density at radius 1 is 1.17 bits per heavy atom. The molecule has 2 amide bonds. The number of amides is 2. The molecule has 2 aliphatic rings. The smallest absolute Gasteiger partial charge is 0.407 e. The van der Waals surface area contributed by atoms with E-state index in [1.807, 2.05) is 13.8 Å². The molecule has 2 atom stereocenters. The molecule has 0 spiro atoms. The lowest BCUT2D eigenvalue weighted by Crippen LogP contribution is -2.54. The van der Waals surface area contributed by atoms with Crippen LogP contribution in [0.1, 0.15) is 65.7 Å². The molecule has 1 saturated carbocycles. The number of nitrogens with zero attached hydrogens (tertiary/aromatic N) is 1. The van der Waals surface area contributed by atoms with Gasteiger partial charge in [0.25, 0.3) is 0 Å². The molecule has 2 fully saturated rings. The van der Waals surface area contributed by atoms with Gasteiger partial charge in [-0.1, -0.05) is 32.8 Å². The van der Waals surface area contributed by atoms with Gasteiger partial charge in [-0.15, -0.1) is 6.58 Å². The second kappa shape index (κ2) is 10.6. The van der Waals surface area contributed by atoms with Gasteiger partial charge in [-0.3, -0.25) is 4.79 Å². The molecule has 0 aromatic rings. The van der Waals surface area contributed by atoms with Crippen LogP contribution in [0.15, 0.2) is 12.7 Å². The summed E-state index contributed by atoms with van der Waals surface area (Å²) in [6.07, 6.45) is 7.15. The van der Waals surface area contributed by atoms with Gasteiger partial charge in [0.05, 0.1) is 13.2 Å². The van der Waals surface area contributed by atoms with Crippen molar-refractivity contribution in [2.75, 3.05) is 19.8 Å². The minimum absolute atomic E-state index is 0.0691. The second-order valence-electron chi connectivity index (χ2n) is 8.84. The molecule has 1 saturated heterocycles. The van der Waals surface area contributed by atoms with E-state index in [9.17, 15) is 14.4 Å². The van der Waals surface area contributed by atoms with Gasteiger partial charge in [-0.05, 0) is 44.9 Å². The largest absolute Gasteiger partial charge is 0.464 e. The predicted molar refractivity (Wildman–Crippen MR) is 110 cm³/mol. The highest BCUT2D eigenvalue weighted by atomic mass is 16.5. The minimum atomic E-state index is -0.664. The SMILES string of the molecule is C=CCC(C)(C)COC(=O)N[C@H](C(=O)N1CCC[C@H]1C(=O)OCC)C1CCCC1. The van der Waals surface area contributed by atoms with Gasteiger partial charge in [0, 0.05) is 12.0 Å². The van der Waals surface area contributed by atoms with Crippen molar-refractivity contribution in [3.05, 3.63) is 12.7 Å². The number of likely N-dealkylation sites (tertiary alicyclic amines) is 1. The van der Waals surface area contributed by atoms with Crippen LogP contribution in [-0.2, 0) is 19.1 Å². The molecule has 2 rings (SSSR count). The van der Waals surface area contributed by atoms with E-state index in [4.69, 9.17) is 9.47 Å². The van der Waals surface area contributed by atoms with Gasteiger partial charge >= 0.3 is 12.1 Å². The maximum atomic E-state index is 13.3. The van der Waals surface area contributed by atoms with Crippen LogP contribution in [0.5, 0.6) is 0 Å². The Morgan fingerprint density at radius 2 is 1.86 bits per heavy atom. The summed E-state index contributed by atoms with van der Waals surface area (Å²) in [5.74, 6) is -0.494.